The summed E-state index contributed by atoms with van der Waals surface area (Å²) in [6.45, 7) is 8.48. The second-order valence-electron chi connectivity index (χ2n) is 13.3. The lowest BCUT2D eigenvalue weighted by Gasteiger charge is -2.11. The molecule has 0 radical (unpaired) electrons. The molecule has 11 rings (SSSR count). The van der Waals surface area contributed by atoms with Crippen LogP contribution in [-0.4, -0.2) is 19.5 Å². The van der Waals surface area contributed by atoms with E-state index in [1.54, 1.807) is 11.3 Å². The lowest BCUT2D eigenvalue weighted by molar-refractivity contribution is 1.02. The highest BCUT2D eigenvalue weighted by atomic mass is 32.1. The van der Waals surface area contributed by atoms with E-state index in [1.165, 1.54) is 46.4 Å². The zero-order chi connectivity index (χ0) is 35.2. The van der Waals surface area contributed by atoms with Gasteiger partial charge in [0.15, 0.2) is 0 Å². The molecule has 0 bridgehead atoms. The molecule has 0 amide bonds. The first-order valence-electron chi connectivity index (χ1n) is 17.5. The summed E-state index contributed by atoms with van der Waals surface area (Å²) in [5.74, 6) is 0.670. The quantitative estimate of drug-likeness (QED) is 0.182. The molecule has 6 aromatic carbocycles. The van der Waals surface area contributed by atoms with Crippen molar-refractivity contribution >= 4 is 108 Å². The van der Waals surface area contributed by atoms with E-state index in [9.17, 15) is 0 Å². The fourth-order valence-electron chi connectivity index (χ4n) is 8.10. The monoisotopic (exact) mass is 712 g/mol. The molecule has 11 aromatic rings. The number of rotatable bonds is 4. The van der Waals surface area contributed by atoms with E-state index >= 15 is 0 Å². The Morgan fingerprint density at radius 3 is 2.15 bits per heavy atom. The van der Waals surface area contributed by atoms with Crippen LogP contribution in [0.2, 0.25) is 0 Å². The smallest absolute Gasteiger partial charge is 0.235 e. The van der Waals surface area contributed by atoms with E-state index in [-0.39, 0.29) is 0 Å². The van der Waals surface area contributed by atoms with Crippen LogP contribution in [0.25, 0.3) is 102 Å². The van der Waals surface area contributed by atoms with Gasteiger partial charge in [0.25, 0.3) is 0 Å². The van der Waals surface area contributed by atoms with Crippen LogP contribution in [-0.2, 0) is 0 Å². The molecule has 5 heterocycles. The number of para-hydroxylation sites is 1. The van der Waals surface area contributed by atoms with E-state index in [1.807, 2.05) is 35.9 Å². The molecule has 6 heteroatoms. The van der Waals surface area contributed by atoms with E-state index in [0.717, 1.165) is 59.5 Å². The Morgan fingerprint density at radius 1 is 0.642 bits per heavy atom. The lowest BCUT2D eigenvalue weighted by Crippen LogP contribution is -2.25. The van der Waals surface area contributed by atoms with Gasteiger partial charge in [-0.25, -0.2) is 9.97 Å². The van der Waals surface area contributed by atoms with Gasteiger partial charge in [-0.2, -0.15) is 0 Å². The van der Waals surface area contributed by atoms with Gasteiger partial charge in [0.1, 0.15) is 0 Å². The predicted octanol–water partition coefficient (Wildman–Crippen LogP) is 11.3. The van der Waals surface area contributed by atoms with E-state index in [2.05, 4.69) is 144 Å². The highest BCUT2D eigenvalue weighted by Crippen LogP contribution is 2.48. The summed E-state index contributed by atoms with van der Waals surface area (Å²) >= 11 is 3.59. The average Bonchev–Trinajstić information content (AvgIpc) is 3.89. The Balaban J connectivity index is 1.32. The number of pyridine rings is 1. The van der Waals surface area contributed by atoms with Crippen LogP contribution in [0.3, 0.4) is 0 Å². The third-order valence-electron chi connectivity index (χ3n) is 10.4. The van der Waals surface area contributed by atoms with Crippen LogP contribution >= 0.6 is 22.7 Å². The van der Waals surface area contributed by atoms with Crippen LogP contribution in [0, 0.1) is 0 Å². The van der Waals surface area contributed by atoms with Crippen molar-refractivity contribution in [2.45, 2.75) is 0 Å². The highest BCUT2D eigenvalue weighted by molar-refractivity contribution is 7.27. The second-order valence-corrected chi connectivity index (χ2v) is 15.4. The predicted molar refractivity (Wildman–Crippen MR) is 227 cm³/mol. The SMILES string of the molecule is C=C/C(c1ccc2sc3c(c2c1)c1ccccc1c1c2ccccc2n(-c2nc(-c4ccccc4)c4sc5ccccc5c4n2)c31)=c1/ccncc1=C. The lowest BCUT2D eigenvalue weighted by atomic mass is 9.96. The van der Waals surface area contributed by atoms with Gasteiger partial charge in [0.05, 0.1) is 31.6 Å². The van der Waals surface area contributed by atoms with Gasteiger partial charge in [-0.1, -0.05) is 116 Å². The number of allylic oxidation sites excluding steroid dienone is 1. The minimum atomic E-state index is 0.670. The molecule has 5 aromatic heterocycles. The number of benzene rings is 6. The van der Waals surface area contributed by atoms with Crippen LogP contribution in [0.15, 0.2) is 152 Å². The molecular formula is C47H28N4S2. The summed E-state index contributed by atoms with van der Waals surface area (Å²) in [5.41, 5.74) is 7.35. The molecule has 4 nitrogen and oxygen atoms in total. The first kappa shape index (κ1) is 30.2. The molecule has 53 heavy (non-hydrogen) atoms. The third kappa shape index (κ3) is 4.37. The van der Waals surface area contributed by atoms with Crippen LogP contribution < -0.4 is 10.4 Å². The van der Waals surface area contributed by atoms with Crippen LogP contribution in [0.4, 0.5) is 0 Å². The molecule has 0 unspecified atom stereocenters. The maximum Gasteiger partial charge on any atom is 0.235 e. The summed E-state index contributed by atoms with van der Waals surface area (Å²) in [4.78, 5) is 15.2. The van der Waals surface area contributed by atoms with Crippen molar-refractivity contribution in [3.05, 3.63) is 168 Å². The minimum absolute atomic E-state index is 0.670. The number of thiophene rings is 2. The Labute approximate surface area is 311 Å². The molecule has 248 valence electrons. The van der Waals surface area contributed by atoms with Gasteiger partial charge < -0.3 is 0 Å². The van der Waals surface area contributed by atoms with Crippen molar-refractivity contribution in [2.24, 2.45) is 0 Å². The number of hydrogen-bond acceptors (Lipinski definition) is 5. The molecule has 0 spiro atoms. The fraction of sp³-hybridized carbons (Fsp3) is 0. The molecule has 0 aliphatic carbocycles. The molecule has 0 aliphatic rings. The topological polar surface area (TPSA) is 43.6 Å². The first-order valence-corrected chi connectivity index (χ1v) is 19.1. The average molecular weight is 713 g/mol. The molecule has 0 saturated heterocycles. The van der Waals surface area contributed by atoms with Gasteiger partial charge >= 0.3 is 0 Å². The maximum atomic E-state index is 5.48. The largest absolute Gasteiger partial charge is 0.276 e. The van der Waals surface area contributed by atoms with E-state index in [4.69, 9.17) is 9.97 Å². The van der Waals surface area contributed by atoms with Crippen molar-refractivity contribution in [3.8, 4) is 17.2 Å². The number of nitrogens with zero attached hydrogens (tertiary/aromatic N) is 4. The normalized spacial score (nSPS) is 12.6. The van der Waals surface area contributed by atoms with Crippen molar-refractivity contribution in [1.29, 1.82) is 0 Å². The van der Waals surface area contributed by atoms with E-state index < -0.39 is 0 Å². The second kappa shape index (κ2) is 11.5. The standard InChI is InChI=1S/C47H28N4S2/c1-3-30(31-23-24-48-26-27(31)2)29-21-22-39-36(25-29)41-33-16-8-7-15-32(33)40-34-17-9-11-19-37(34)51(44(40)45(41)52-39)47-49-42(28-13-5-4-6-14-28)46-43(50-47)35-18-10-12-20-38(35)53-46/h3-26H,1-2H2/b31-30+. The molecule has 0 atom stereocenters. The minimum Gasteiger partial charge on any atom is -0.276 e. The molecule has 0 aliphatic heterocycles. The summed E-state index contributed by atoms with van der Waals surface area (Å²) in [6.07, 6.45) is 5.55. The molecule has 0 N–H and O–H groups in total. The molecular weight excluding hydrogens is 685 g/mol. The number of fused-ring (bicyclic) bond motifs is 13. The van der Waals surface area contributed by atoms with E-state index in [0.29, 0.717) is 5.95 Å². The Hall–Kier alpha value is -6.47. The van der Waals surface area contributed by atoms with Crippen molar-refractivity contribution < 1.29 is 0 Å². The van der Waals surface area contributed by atoms with Crippen molar-refractivity contribution in [3.63, 3.8) is 0 Å². The van der Waals surface area contributed by atoms with Crippen molar-refractivity contribution in [1.82, 2.24) is 19.5 Å². The summed E-state index contributed by atoms with van der Waals surface area (Å²) in [5, 5.41) is 10.3. The summed E-state index contributed by atoms with van der Waals surface area (Å²) < 4.78 is 7.05. The zero-order valence-corrected chi connectivity index (χ0v) is 30.0. The summed E-state index contributed by atoms with van der Waals surface area (Å²) in [7, 11) is 0. The van der Waals surface area contributed by atoms with Crippen LogP contribution in [0.5, 0.6) is 0 Å². The van der Waals surface area contributed by atoms with Gasteiger partial charge in [0.2, 0.25) is 5.95 Å². The van der Waals surface area contributed by atoms with Crippen LogP contribution in [0.1, 0.15) is 5.56 Å². The van der Waals surface area contributed by atoms with Gasteiger partial charge in [-0.15, -0.1) is 22.7 Å². The number of aromatic nitrogens is 4. The van der Waals surface area contributed by atoms with Gasteiger partial charge in [-0.05, 0) is 62.7 Å². The molecule has 0 saturated carbocycles. The van der Waals surface area contributed by atoms with Gasteiger partial charge in [-0.3, -0.25) is 9.55 Å². The van der Waals surface area contributed by atoms with Crippen molar-refractivity contribution in [2.75, 3.05) is 0 Å². The first-order chi connectivity index (χ1) is 26.2. The number of hydrogen-bond donors (Lipinski definition) is 0. The summed E-state index contributed by atoms with van der Waals surface area (Å²) in [6, 6.07) is 45.4. The Bertz CT molecular complexity index is 3440. The maximum absolute atomic E-state index is 5.48. The third-order valence-corrected chi connectivity index (χ3v) is 12.8. The zero-order valence-electron chi connectivity index (χ0n) is 28.4. The Kier molecular flexibility index (Phi) is 6.56. The fourth-order valence-corrected chi connectivity index (χ4v) is 10.5. The molecule has 0 fully saturated rings. The highest BCUT2D eigenvalue weighted by Gasteiger charge is 2.24. The Morgan fingerprint density at radius 2 is 1.34 bits per heavy atom. The van der Waals surface area contributed by atoms with Gasteiger partial charge in [0, 0.05) is 54.3 Å².